The molecule has 0 N–H and O–H groups in total. The predicted molar refractivity (Wildman–Crippen MR) is 106 cm³/mol. The van der Waals surface area contributed by atoms with Gasteiger partial charge in [0.05, 0.1) is 0 Å². The summed E-state index contributed by atoms with van der Waals surface area (Å²) in [5.41, 5.74) is 2.52. The van der Waals surface area contributed by atoms with Crippen molar-refractivity contribution in [2.75, 3.05) is 39.3 Å². The second-order valence-corrected chi connectivity index (χ2v) is 8.48. The Morgan fingerprint density at radius 2 is 1.78 bits per heavy atom. The van der Waals surface area contributed by atoms with E-state index >= 15 is 0 Å². The summed E-state index contributed by atoms with van der Waals surface area (Å²) in [5, 5.41) is 0. The summed E-state index contributed by atoms with van der Waals surface area (Å²) in [4.78, 5) is 31.9. The summed E-state index contributed by atoms with van der Waals surface area (Å²) in [6.45, 7) is 8.62. The highest BCUT2D eigenvalue weighted by Crippen LogP contribution is 2.25. The molecule has 0 aliphatic carbocycles. The fourth-order valence-electron chi connectivity index (χ4n) is 4.53. The zero-order chi connectivity index (χ0) is 18.8. The van der Waals surface area contributed by atoms with Gasteiger partial charge in [0.25, 0.3) is 11.8 Å². The Balaban J connectivity index is 1.39. The highest BCUT2D eigenvalue weighted by Gasteiger charge is 2.29. The summed E-state index contributed by atoms with van der Waals surface area (Å²) in [6, 6.07) is 5.65. The lowest BCUT2D eigenvalue weighted by atomic mass is 9.98. The number of hydrogen-bond donors (Lipinski definition) is 0. The van der Waals surface area contributed by atoms with E-state index in [-0.39, 0.29) is 11.8 Å². The van der Waals surface area contributed by atoms with E-state index in [2.05, 4.69) is 11.8 Å². The molecule has 0 aromatic heterocycles. The molecule has 0 unspecified atom stereocenters. The zero-order valence-electron chi connectivity index (χ0n) is 16.5. The van der Waals surface area contributed by atoms with Gasteiger partial charge in [0.1, 0.15) is 0 Å². The normalized spacial score (nSPS) is 21.6. The first-order chi connectivity index (χ1) is 13.1. The number of carbonyl (C=O) groups excluding carboxylic acids is 2. The van der Waals surface area contributed by atoms with Gasteiger partial charge in [0.2, 0.25) is 0 Å². The molecule has 5 nitrogen and oxygen atoms in total. The van der Waals surface area contributed by atoms with Crippen LogP contribution in [-0.4, -0.2) is 65.8 Å². The van der Waals surface area contributed by atoms with Crippen LogP contribution in [0.15, 0.2) is 18.2 Å². The first-order valence-electron chi connectivity index (χ1n) is 10.6. The van der Waals surface area contributed by atoms with Crippen molar-refractivity contribution in [2.45, 2.75) is 45.6 Å². The monoisotopic (exact) mass is 369 g/mol. The van der Waals surface area contributed by atoms with Crippen molar-refractivity contribution in [1.29, 1.82) is 0 Å². The molecule has 3 aliphatic rings. The third-order valence-corrected chi connectivity index (χ3v) is 6.44. The molecule has 1 aromatic rings. The standard InChI is InChI=1S/C22H31N3O2/c1-17-7-11-24(12-8-17)21(26)18-5-6-20-19(15-18)16-25(22(20)27)14-13-23-9-3-2-4-10-23/h5-6,15,17H,2-4,7-14,16H2,1H3. The number of piperidine rings is 2. The van der Waals surface area contributed by atoms with Crippen LogP contribution in [0, 0.1) is 5.92 Å². The summed E-state index contributed by atoms with van der Waals surface area (Å²) in [7, 11) is 0. The topological polar surface area (TPSA) is 43.9 Å². The van der Waals surface area contributed by atoms with Gasteiger partial charge in [-0.15, -0.1) is 0 Å². The van der Waals surface area contributed by atoms with E-state index in [4.69, 9.17) is 0 Å². The maximum absolute atomic E-state index is 12.8. The quantitative estimate of drug-likeness (QED) is 0.819. The Hall–Kier alpha value is -1.88. The van der Waals surface area contributed by atoms with Gasteiger partial charge in [-0.3, -0.25) is 9.59 Å². The maximum atomic E-state index is 12.8. The minimum atomic E-state index is 0.115. The van der Waals surface area contributed by atoms with Crippen LogP contribution >= 0.6 is 0 Å². The first kappa shape index (κ1) is 18.5. The number of nitrogens with zero attached hydrogens (tertiary/aromatic N) is 3. The van der Waals surface area contributed by atoms with Crippen molar-refractivity contribution >= 4 is 11.8 Å². The average molecular weight is 370 g/mol. The molecule has 27 heavy (non-hydrogen) atoms. The van der Waals surface area contributed by atoms with Crippen LogP contribution in [0.25, 0.3) is 0 Å². The number of rotatable bonds is 4. The number of amides is 2. The van der Waals surface area contributed by atoms with Gasteiger partial charge in [0.15, 0.2) is 0 Å². The molecule has 3 aliphatic heterocycles. The maximum Gasteiger partial charge on any atom is 0.254 e. The summed E-state index contributed by atoms with van der Waals surface area (Å²) >= 11 is 0. The van der Waals surface area contributed by atoms with Crippen LogP contribution < -0.4 is 0 Å². The summed E-state index contributed by atoms with van der Waals surface area (Å²) in [6.07, 6.45) is 6.04. The second-order valence-electron chi connectivity index (χ2n) is 8.48. The average Bonchev–Trinajstić information content (AvgIpc) is 3.02. The van der Waals surface area contributed by atoms with Crippen LogP contribution in [0.1, 0.15) is 65.3 Å². The highest BCUT2D eigenvalue weighted by molar-refractivity contribution is 6.01. The Morgan fingerprint density at radius 3 is 2.52 bits per heavy atom. The molecule has 0 saturated carbocycles. The second kappa shape index (κ2) is 8.01. The van der Waals surface area contributed by atoms with E-state index in [0.717, 1.165) is 68.8 Å². The number of fused-ring (bicyclic) bond motifs is 1. The fraction of sp³-hybridized carbons (Fsp3) is 0.636. The Bertz CT molecular complexity index is 704. The number of hydrogen-bond acceptors (Lipinski definition) is 3. The SMILES string of the molecule is CC1CCN(C(=O)c2ccc3c(c2)CN(CCN2CCCCC2)C3=O)CC1. The van der Waals surface area contributed by atoms with E-state index in [1.807, 2.05) is 28.0 Å². The van der Waals surface area contributed by atoms with E-state index in [1.165, 1.54) is 19.3 Å². The smallest absolute Gasteiger partial charge is 0.254 e. The zero-order valence-corrected chi connectivity index (χ0v) is 16.5. The Morgan fingerprint density at radius 1 is 1.04 bits per heavy atom. The van der Waals surface area contributed by atoms with Crippen LogP contribution in [0.2, 0.25) is 0 Å². The van der Waals surface area contributed by atoms with Crippen LogP contribution in [0.5, 0.6) is 0 Å². The van der Waals surface area contributed by atoms with Gasteiger partial charge < -0.3 is 14.7 Å². The van der Waals surface area contributed by atoms with Gasteiger partial charge in [-0.25, -0.2) is 0 Å². The fourth-order valence-corrected chi connectivity index (χ4v) is 4.53. The molecule has 1 aromatic carbocycles. The molecule has 0 radical (unpaired) electrons. The van der Waals surface area contributed by atoms with Gasteiger partial charge >= 0.3 is 0 Å². The van der Waals surface area contributed by atoms with Gasteiger partial charge in [-0.1, -0.05) is 13.3 Å². The van der Waals surface area contributed by atoms with Crippen molar-refractivity contribution in [3.63, 3.8) is 0 Å². The molecular weight excluding hydrogens is 338 g/mol. The highest BCUT2D eigenvalue weighted by atomic mass is 16.2. The third-order valence-electron chi connectivity index (χ3n) is 6.44. The largest absolute Gasteiger partial charge is 0.339 e. The summed E-state index contributed by atoms with van der Waals surface area (Å²) < 4.78 is 0. The van der Waals surface area contributed by atoms with Crippen LogP contribution in [0.4, 0.5) is 0 Å². The lowest BCUT2D eigenvalue weighted by Gasteiger charge is -2.30. The minimum Gasteiger partial charge on any atom is -0.339 e. The van der Waals surface area contributed by atoms with Crippen molar-refractivity contribution in [3.05, 3.63) is 34.9 Å². The molecule has 4 rings (SSSR count). The van der Waals surface area contributed by atoms with Gasteiger partial charge in [-0.2, -0.15) is 0 Å². The molecular formula is C22H31N3O2. The number of benzene rings is 1. The van der Waals surface area contributed by atoms with E-state index in [0.29, 0.717) is 12.5 Å². The lowest BCUT2D eigenvalue weighted by molar-refractivity contribution is 0.0696. The number of carbonyl (C=O) groups is 2. The minimum absolute atomic E-state index is 0.115. The van der Waals surface area contributed by atoms with Crippen LogP contribution in [0.3, 0.4) is 0 Å². The molecule has 0 spiro atoms. The predicted octanol–water partition coefficient (Wildman–Crippen LogP) is 3.00. The molecule has 2 amide bonds. The van der Waals surface area contributed by atoms with E-state index in [1.54, 1.807) is 0 Å². The van der Waals surface area contributed by atoms with Crippen LogP contribution in [-0.2, 0) is 6.54 Å². The molecule has 0 atom stereocenters. The van der Waals surface area contributed by atoms with E-state index in [9.17, 15) is 9.59 Å². The van der Waals surface area contributed by atoms with Gasteiger partial charge in [-0.05, 0) is 68.5 Å². The van der Waals surface area contributed by atoms with Crippen molar-refractivity contribution in [1.82, 2.24) is 14.7 Å². The molecule has 0 bridgehead atoms. The van der Waals surface area contributed by atoms with Crippen molar-refractivity contribution in [2.24, 2.45) is 5.92 Å². The third kappa shape index (κ3) is 4.03. The molecule has 3 heterocycles. The Kier molecular flexibility index (Phi) is 5.48. The molecule has 146 valence electrons. The van der Waals surface area contributed by atoms with Crippen molar-refractivity contribution < 1.29 is 9.59 Å². The lowest BCUT2D eigenvalue weighted by Crippen LogP contribution is -2.38. The van der Waals surface area contributed by atoms with Gasteiger partial charge in [0, 0.05) is 43.9 Å². The first-order valence-corrected chi connectivity index (χ1v) is 10.6. The summed E-state index contributed by atoms with van der Waals surface area (Å²) in [5.74, 6) is 0.942. The van der Waals surface area contributed by atoms with E-state index < -0.39 is 0 Å². The van der Waals surface area contributed by atoms with Crippen molar-refractivity contribution in [3.8, 4) is 0 Å². The Labute approximate surface area is 162 Å². The molecule has 5 heteroatoms. The molecule has 2 fully saturated rings. The number of likely N-dealkylation sites (tertiary alicyclic amines) is 2. The molecule has 2 saturated heterocycles.